The molecule has 4 heteroatoms. The molecule has 4 nitrogen and oxygen atoms in total. The summed E-state index contributed by atoms with van der Waals surface area (Å²) in [4.78, 5) is 22.9. The Morgan fingerprint density at radius 2 is 1.63 bits per heavy atom. The topological polar surface area (TPSA) is 52.6 Å². The van der Waals surface area contributed by atoms with Crippen molar-refractivity contribution in [3.63, 3.8) is 0 Å². The van der Waals surface area contributed by atoms with Gasteiger partial charge in [-0.2, -0.15) is 0 Å². The lowest BCUT2D eigenvalue weighted by Gasteiger charge is -2.09. The number of carbonyl (C=O) groups excluding carboxylic acids is 2. The van der Waals surface area contributed by atoms with E-state index in [0.717, 1.165) is 5.56 Å². The summed E-state index contributed by atoms with van der Waals surface area (Å²) in [7, 11) is 2.50. The summed E-state index contributed by atoms with van der Waals surface area (Å²) in [6, 6.07) is 7.93. The zero-order valence-corrected chi connectivity index (χ0v) is 11.4. The van der Waals surface area contributed by atoms with E-state index in [1.165, 1.54) is 19.8 Å². The van der Waals surface area contributed by atoms with Crippen molar-refractivity contribution in [1.29, 1.82) is 0 Å². The first-order valence-corrected chi connectivity index (χ1v) is 5.97. The molecule has 0 fully saturated rings. The number of rotatable bonds is 5. The van der Waals surface area contributed by atoms with Gasteiger partial charge in [0.15, 0.2) is 5.92 Å². The number of carbonyl (C=O) groups is 2. The highest BCUT2D eigenvalue weighted by Gasteiger charge is 2.26. The molecule has 0 aliphatic carbocycles. The molecular weight excluding hydrogens is 244 g/mol. The van der Waals surface area contributed by atoms with Crippen LogP contribution in [0.1, 0.15) is 17.5 Å². The van der Waals surface area contributed by atoms with Gasteiger partial charge in [0.1, 0.15) is 0 Å². The molecule has 1 aromatic carbocycles. The maximum Gasteiger partial charge on any atom is 0.320 e. The van der Waals surface area contributed by atoms with Crippen LogP contribution in [0.15, 0.2) is 30.3 Å². The first kappa shape index (κ1) is 15.0. The molecular formula is C15H18O4. The second-order valence-corrected chi connectivity index (χ2v) is 4.15. The Labute approximate surface area is 113 Å². The normalized spacial score (nSPS) is 10.7. The maximum atomic E-state index is 11.4. The lowest BCUT2D eigenvalue weighted by Crippen LogP contribution is -2.25. The third-order valence-electron chi connectivity index (χ3n) is 2.73. The third kappa shape index (κ3) is 4.58. The summed E-state index contributed by atoms with van der Waals surface area (Å²) >= 11 is 0. The summed E-state index contributed by atoms with van der Waals surface area (Å²) in [6.07, 6.45) is 3.88. The summed E-state index contributed by atoms with van der Waals surface area (Å²) in [5.41, 5.74) is 2.19. The van der Waals surface area contributed by atoms with E-state index in [4.69, 9.17) is 0 Å². The Bertz CT molecular complexity index is 444. The van der Waals surface area contributed by atoms with E-state index in [0.29, 0.717) is 0 Å². The Hall–Kier alpha value is -2.10. The van der Waals surface area contributed by atoms with Crippen molar-refractivity contribution in [3.8, 4) is 0 Å². The molecule has 0 amide bonds. The summed E-state index contributed by atoms with van der Waals surface area (Å²) in [5, 5.41) is 0. The molecule has 1 aromatic rings. The van der Waals surface area contributed by atoms with E-state index < -0.39 is 17.9 Å². The zero-order chi connectivity index (χ0) is 14.3. The number of hydrogen-bond acceptors (Lipinski definition) is 4. The van der Waals surface area contributed by atoms with Crippen molar-refractivity contribution in [2.24, 2.45) is 5.92 Å². The van der Waals surface area contributed by atoms with Crippen molar-refractivity contribution in [2.45, 2.75) is 13.3 Å². The minimum absolute atomic E-state index is 0.257. The number of ether oxygens (including phenoxy) is 2. The lowest BCUT2D eigenvalue weighted by molar-refractivity contribution is -0.158. The van der Waals surface area contributed by atoms with Gasteiger partial charge in [0.25, 0.3) is 0 Å². The van der Waals surface area contributed by atoms with Crippen LogP contribution in [-0.2, 0) is 19.1 Å². The summed E-state index contributed by atoms with van der Waals surface area (Å²) in [5.74, 6) is -2.07. The number of benzene rings is 1. The Kier molecular flexibility index (Phi) is 5.79. The van der Waals surface area contributed by atoms with Crippen molar-refractivity contribution < 1.29 is 19.1 Å². The highest BCUT2D eigenvalue weighted by Crippen LogP contribution is 2.11. The number of allylic oxidation sites excluding steroid dienone is 1. The van der Waals surface area contributed by atoms with Gasteiger partial charge >= 0.3 is 11.9 Å². The quantitative estimate of drug-likeness (QED) is 0.604. The molecule has 0 aromatic heterocycles. The van der Waals surface area contributed by atoms with E-state index >= 15 is 0 Å². The second-order valence-electron chi connectivity index (χ2n) is 4.15. The number of esters is 2. The highest BCUT2D eigenvalue weighted by atomic mass is 16.5. The SMILES string of the molecule is COC(=O)C(C/C=C/c1ccc(C)cc1)C(=O)OC. The molecule has 0 N–H and O–H groups in total. The second kappa shape index (κ2) is 7.36. The van der Waals surface area contributed by atoms with Crippen LogP contribution in [0, 0.1) is 12.8 Å². The number of hydrogen-bond donors (Lipinski definition) is 0. The molecule has 0 heterocycles. The lowest BCUT2D eigenvalue weighted by atomic mass is 10.0. The fraction of sp³-hybridized carbons (Fsp3) is 0.333. The predicted molar refractivity (Wildman–Crippen MR) is 72.4 cm³/mol. The van der Waals surface area contributed by atoms with Crippen LogP contribution >= 0.6 is 0 Å². The van der Waals surface area contributed by atoms with Crippen LogP contribution in [0.2, 0.25) is 0 Å². The summed E-state index contributed by atoms with van der Waals surface area (Å²) in [6.45, 7) is 2.01. The molecule has 0 saturated carbocycles. The van der Waals surface area contributed by atoms with E-state index in [1.807, 2.05) is 37.3 Å². The van der Waals surface area contributed by atoms with Crippen molar-refractivity contribution in [1.82, 2.24) is 0 Å². The first-order chi connectivity index (χ1) is 9.08. The number of methoxy groups -OCH3 is 2. The van der Waals surface area contributed by atoms with E-state index in [2.05, 4.69) is 9.47 Å². The smallest absolute Gasteiger partial charge is 0.320 e. The van der Waals surface area contributed by atoms with E-state index in [1.54, 1.807) is 6.08 Å². The highest BCUT2D eigenvalue weighted by molar-refractivity contribution is 5.95. The largest absolute Gasteiger partial charge is 0.468 e. The predicted octanol–water partition coefficient (Wildman–Crippen LogP) is 2.36. The van der Waals surface area contributed by atoms with Crippen molar-refractivity contribution in [2.75, 3.05) is 14.2 Å². The molecule has 102 valence electrons. The number of aryl methyl sites for hydroxylation is 1. The fourth-order valence-electron chi connectivity index (χ4n) is 1.59. The van der Waals surface area contributed by atoms with Crippen LogP contribution < -0.4 is 0 Å². The van der Waals surface area contributed by atoms with Gasteiger partial charge in [-0.3, -0.25) is 9.59 Å². The molecule has 0 unspecified atom stereocenters. The van der Waals surface area contributed by atoms with Crippen LogP contribution in [0.25, 0.3) is 6.08 Å². The van der Waals surface area contributed by atoms with Gasteiger partial charge in [0.2, 0.25) is 0 Å². The van der Waals surface area contributed by atoms with Crippen molar-refractivity contribution >= 4 is 18.0 Å². The van der Waals surface area contributed by atoms with E-state index in [9.17, 15) is 9.59 Å². The average Bonchev–Trinajstić information content (AvgIpc) is 2.44. The monoisotopic (exact) mass is 262 g/mol. The third-order valence-corrected chi connectivity index (χ3v) is 2.73. The Morgan fingerprint density at radius 3 is 2.11 bits per heavy atom. The molecule has 1 rings (SSSR count). The molecule has 0 aliphatic rings. The van der Waals surface area contributed by atoms with Gasteiger partial charge in [-0.05, 0) is 18.9 Å². The van der Waals surface area contributed by atoms with Gasteiger partial charge in [0.05, 0.1) is 14.2 Å². The van der Waals surface area contributed by atoms with Crippen LogP contribution in [-0.4, -0.2) is 26.2 Å². The van der Waals surface area contributed by atoms with Gasteiger partial charge in [-0.1, -0.05) is 42.0 Å². The minimum Gasteiger partial charge on any atom is -0.468 e. The average molecular weight is 262 g/mol. The Balaban J connectivity index is 2.68. The molecule has 0 radical (unpaired) electrons. The van der Waals surface area contributed by atoms with Crippen LogP contribution in [0.4, 0.5) is 0 Å². The van der Waals surface area contributed by atoms with E-state index in [-0.39, 0.29) is 6.42 Å². The van der Waals surface area contributed by atoms with Gasteiger partial charge in [-0.15, -0.1) is 0 Å². The minimum atomic E-state index is -0.906. The zero-order valence-electron chi connectivity index (χ0n) is 11.4. The maximum absolute atomic E-state index is 11.4. The summed E-state index contributed by atoms with van der Waals surface area (Å²) < 4.78 is 9.16. The van der Waals surface area contributed by atoms with Gasteiger partial charge < -0.3 is 9.47 Å². The fourth-order valence-corrected chi connectivity index (χ4v) is 1.59. The molecule has 0 bridgehead atoms. The molecule has 0 aliphatic heterocycles. The van der Waals surface area contributed by atoms with Crippen LogP contribution in [0.5, 0.6) is 0 Å². The van der Waals surface area contributed by atoms with Gasteiger partial charge in [0, 0.05) is 0 Å². The molecule has 0 spiro atoms. The molecule has 0 saturated heterocycles. The van der Waals surface area contributed by atoms with Crippen molar-refractivity contribution in [3.05, 3.63) is 41.5 Å². The van der Waals surface area contributed by atoms with Gasteiger partial charge in [-0.25, -0.2) is 0 Å². The molecule has 0 atom stereocenters. The first-order valence-electron chi connectivity index (χ1n) is 5.97. The van der Waals surface area contributed by atoms with Crippen LogP contribution in [0.3, 0.4) is 0 Å². The molecule has 19 heavy (non-hydrogen) atoms. The standard InChI is InChI=1S/C15H18O4/c1-11-7-9-12(10-8-11)5-4-6-13(14(16)18-2)15(17)19-3/h4-5,7-10,13H,6H2,1-3H3/b5-4+. The Morgan fingerprint density at radius 1 is 1.11 bits per heavy atom.